The fourth-order valence-corrected chi connectivity index (χ4v) is 9.35. The molecule has 0 amide bonds. The molecule has 1 aliphatic carbocycles. The third-order valence-corrected chi connectivity index (χ3v) is 12.0. The number of nitrogens with zero attached hydrogens (tertiary/aromatic N) is 4. The van der Waals surface area contributed by atoms with Crippen LogP contribution in [0.4, 0.5) is 0 Å². The molecule has 4 nitrogen and oxygen atoms in total. The fraction of sp³-hybridized carbons (Fsp3) is 0.0370. The van der Waals surface area contributed by atoms with Crippen molar-refractivity contribution in [3.8, 4) is 33.9 Å². The van der Waals surface area contributed by atoms with Gasteiger partial charge in [0.15, 0.2) is 0 Å². The van der Waals surface area contributed by atoms with Crippen LogP contribution in [0.2, 0.25) is 0 Å². The normalized spacial score (nSPS) is 13.1. The summed E-state index contributed by atoms with van der Waals surface area (Å²) < 4.78 is 4.69. The topological polar surface area (TPSA) is 35.6 Å². The Morgan fingerprint density at radius 1 is 0.431 bits per heavy atom. The Kier molecular flexibility index (Phi) is 7.32. The minimum Gasteiger partial charge on any atom is -0.309 e. The van der Waals surface area contributed by atoms with Gasteiger partial charge in [-0.2, -0.15) is 0 Å². The lowest BCUT2D eigenvalue weighted by Crippen LogP contribution is -2.05. The van der Waals surface area contributed by atoms with Crippen molar-refractivity contribution in [1.82, 2.24) is 19.1 Å². The minimum absolute atomic E-state index is 0.692. The zero-order valence-corrected chi connectivity index (χ0v) is 31.7. The summed E-state index contributed by atoms with van der Waals surface area (Å²) >= 11 is 0. The van der Waals surface area contributed by atoms with E-state index >= 15 is 0 Å². The molecule has 0 saturated carbocycles. The van der Waals surface area contributed by atoms with Crippen LogP contribution in [0, 0.1) is 0 Å². The number of benzene rings is 8. The molecule has 3 heterocycles. The molecule has 0 unspecified atom stereocenters. The molecule has 0 aliphatic heterocycles. The van der Waals surface area contributed by atoms with E-state index < -0.39 is 0 Å². The van der Waals surface area contributed by atoms with Crippen LogP contribution >= 0.6 is 0 Å². The summed E-state index contributed by atoms with van der Waals surface area (Å²) in [6, 6.07) is 63.7. The first-order valence-corrected chi connectivity index (χ1v) is 20.1. The molecule has 0 radical (unpaired) electrons. The van der Waals surface area contributed by atoms with Crippen LogP contribution in [0.5, 0.6) is 0 Å². The van der Waals surface area contributed by atoms with Gasteiger partial charge in [0.05, 0.1) is 33.3 Å². The predicted octanol–water partition coefficient (Wildman–Crippen LogP) is 14.0. The van der Waals surface area contributed by atoms with Crippen molar-refractivity contribution in [2.24, 2.45) is 0 Å². The van der Waals surface area contributed by atoms with Crippen molar-refractivity contribution < 1.29 is 0 Å². The molecule has 0 fully saturated rings. The van der Waals surface area contributed by atoms with Gasteiger partial charge in [0.2, 0.25) is 5.95 Å². The second kappa shape index (κ2) is 13.0. The predicted molar refractivity (Wildman–Crippen MR) is 243 cm³/mol. The van der Waals surface area contributed by atoms with Gasteiger partial charge >= 0.3 is 0 Å². The van der Waals surface area contributed by atoms with Crippen molar-refractivity contribution >= 4 is 70.9 Å². The number of allylic oxidation sites excluding steroid dienone is 4. The highest BCUT2D eigenvalue weighted by molar-refractivity contribution is 6.24. The number of hydrogen-bond acceptors (Lipinski definition) is 2. The zero-order valence-electron chi connectivity index (χ0n) is 31.7. The van der Waals surface area contributed by atoms with E-state index in [4.69, 9.17) is 9.97 Å². The maximum atomic E-state index is 5.35. The first-order valence-electron chi connectivity index (χ1n) is 20.1. The Bertz CT molecular complexity index is 3490. The Morgan fingerprint density at radius 2 is 1.07 bits per heavy atom. The molecule has 58 heavy (non-hydrogen) atoms. The van der Waals surface area contributed by atoms with Gasteiger partial charge in [0, 0.05) is 32.6 Å². The fourth-order valence-electron chi connectivity index (χ4n) is 9.35. The summed E-state index contributed by atoms with van der Waals surface area (Å²) in [6.07, 6.45) is 8.56. The highest BCUT2D eigenvalue weighted by atomic mass is 15.2. The van der Waals surface area contributed by atoms with Crippen molar-refractivity contribution in [1.29, 1.82) is 0 Å². The Labute approximate surface area is 335 Å². The largest absolute Gasteiger partial charge is 0.309 e. The zero-order chi connectivity index (χ0) is 38.2. The monoisotopic (exact) mass is 740 g/mol. The van der Waals surface area contributed by atoms with Gasteiger partial charge in [-0.25, -0.2) is 9.97 Å². The smallest absolute Gasteiger partial charge is 0.235 e. The molecule has 0 spiro atoms. The lowest BCUT2D eigenvalue weighted by Gasteiger charge is -2.15. The van der Waals surface area contributed by atoms with Gasteiger partial charge in [-0.15, -0.1) is 0 Å². The van der Waals surface area contributed by atoms with Gasteiger partial charge in [-0.1, -0.05) is 146 Å². The van der Waals surface area contributed by atoms with Crippen LogP contribution in [0.25, 0.3) is 105 Å². The molecule has 12 rings (SSSR count). The van der Waals surface area contributed by atoms with Crippen LogP contribution < -0.4 is 0 Å². The molecule has 0 saturated heterocycles. The van der Waals surface area contributed by atoms with Crippen molar-refractivity contribution in [2.75, 3.05) is 0 Å². The third-order valence-electron chi connectivity index (χ3n) is 12.0. The third kappa shape index (κ3) is 5.01. The molecule has 3 aromatic heterocycles. The van der Waals surface area contributed by atoms with Crippen LogP contribution in [0.3, 0.4) is 0 Å². The maximum Gasteiger partial charge on any atom is 0.235 e. The molecule has 0 bridgehead atoms. The highest BCUT2D eigenvalue weighted by Gasteiger charge is 2.21. The molecule has 1 aliphatic rings. The molecule has 8 aromatic carbocycles. The summed E-state index contributed by atoms with van der Waals surface area (Å²) in [7, 11) is 0. The van der Waals surface area contributed by atoms with E-state index in [1.807, 2.05) is 0 Å². The van der Waals surface area contributed by atoms with Gasteiger partial charge in [-0.3, -0.25) is 4.57 Å². The SMILES string of the molecule is C1=CCCC(c2nc(-n3c4ccccc4c4cc(-c5cc6c(c7ccccc57)c5ccccc5n6-c5ccc(-c6ccccc6)cc5)ccc43)nc3ccccc23)=C1. The van der Waals surface area contributed by atoms with Gasteiger partial charge in [-0.05, 0) is 100.0 Å². The summed E-state index contributed by atoms with van der Waals surface area (Å²) in [5.74, 6) is 0.692. The van der Waals surface area contributed by atoms with Crippen LogP contribution in [0.15, 0.2) is 194 Å². The highest BCUT2D eigenvalue weighted by Crippen LogP contribution is 2.43. The first kappa shape index (κ1) is 32.7. The number of aromatic nitrogens is 4. The lowest BCUT2D eigenvalue weighted by molar-refractivity contribution is 0.983. The number of hydrogen-bond donors (Lipinski definition) is 0. The summed E-state index contributed by atoms with van der Waals surface area (Å²) in [4.78, 5) is 10.6. The lowest BCUT2D eigenvalue weighted by atomic mass is 9.94. The van der Waals surface area contributed by atoms with Crippen LogP contribution in [-0.4, -0.2) is 19.1 Å². The molecule has 272 valence electrons. The molecular formula is C54H36N4. The van der Waals surface area contributed by atoms with Crippen molar-refractivity contribution in [3.05, 3.63) is 200 Å². The average Bonchev–Trinajstić information content (AvgIpc) is 3.82. The second-order valence-corrected chi connectivity index (χ2v) is 15.3. The molecular weight excluding hydrogens is 705 g/mol. The van der Waals surface area contributed by atoms with Gasteiger partial charge < -0.3 is 4.57 Å². The first-order chi connectivity index (χ1) is 28.8. The number of rotatable bonds is 5. The standard InChI is InChI=1S/C54H36N4/c1-3-15-35(16-4-1)36-27-30-39(31-28-36)57-49-26-14-11-23-44(49)52-42-21-8-7-19-40(42)45(34-51(52)57)38-29-32-50-46(33-38)41-20-10-13-25-48(41)58(50)54-55-47-24-12-9-22-43(47)53(56-54)37-17-5-2-6-18-37/h1-5,7-17,19-34H,6,18H2. The van der Waals surface area contributed by atoms with E-state index in [1.165, 1.54) is 71.2 Å². The van der Waals surface area contributed by atoms with Crippen molar-refractivity contribution in [3.63, 3.8) is 0 Å². The molecule has 11 aromatic rings. The Morgan fingerprint density at radius 3 is 1.86 bits per heavy atom. The summed E-state index contributed by atoms with van der Waals surface area (Å²) in [5.41, 5.74) is 13.7. The minimum atomic E-state index is 0.692. The van der Waals surface area contributed by atoms with E-state index in [9.17, 15) is 0 Å². The van der Waals surface area contributed by atoms with Gasteiger partial charge in [0.25, 0.3) is 0 Å². The summed E-state index contributed by atoms with van der Waals surface area (Å²) in [5, 5.41) is 8.44. The average molecular weight is 741 g/mol. The van der Waals surface area contributed by atoms with Gasteiger partial charge in [0.1, 0.15) is 0 Å². The summed E-state index contributed by atoms with van der Waals surface area (Å²) in [6.45, 7) is 0. The van der Waals surface area contributed by atoms with Crippen molar-refractivity contribution in [2.45, 2.75) is 12.8 Å². The van der Waals surface area contributed by atoms with Crippen LogP contribution in [-0.2, 0) is 0 Å². The van der Waals surface area contributed by atoms with E-state index in [1.54, 1.807) is 0 Å². The Balaban J connectivity index is 1.09. The quantitative estimate of drug-likeness (QED) is 0.176. The molecule has 0 N–H and O–H groups in total. The van der Waals surface area contributed by atoms with E-state index in [0.29, 0.717) is 5.95 Å². The molecule has 4 heteroatoms. The Hall–Kier alpha value is -7.56. The van der Waals surface area contributed by atoms with E-state index in [2.05, 4.69) is 203 Å². The second-order valence-electron chi connectivity index (χ2n) is 15.3. The van der Waals surface area contributed by atoms with E-state index in [0.717, 1.165) is 46.2 Å². The number of para-hydroxylation sites is 3. The van der Waals surface area contributed by atoms with Crippen LogP contribution in [0.1, 0.15) is 18.5 Å². The number of fused-ring (bicyclic) bond motifs is 9. The van der Waals surface area contributed by atoms with E-state index in [-0.39, 0.29) is 0 Å². The molecule has 0 atom stereocenters. The maximum absolute atomic E-state index is 5.35.